The van der Waals surface area contributed by atoms with Crippen LogP contribution in [0.1, 0.15) is 65.7 Å². The number of hydrogen-bond donors (Lipinski definition) is 1. The summed E-state index contributed by atoms with van der Waals surface area (Å²) in [4.78, 5) is 40.9. The van der Waals surface area contributed by atoms with Gasteiger partial charge in [-0.25, -0.2) is 0 Å². The summed E-state index contributed by atoms with van der Waals surface area (Å²) < 4.78 is 75.6. The Bertz CT molecular complexity index is 996. The first kappa shape index (κ1) is 27.2. The predicted molar refractivity (Wildman–Crippen MR) is 119 cm³/mol. The van der Waals surface area contributed by atoms with Crippen molar-refractivity contribution in [3.05, 3.63) is 0 Å². The molecule has 7 unspecified atom stereocenters. The standard InChI is InChI=1S/C23H33F2NO9S/c1-11(2)26-16-17-14(20(26)27)15(22(29)33-12(3)23(24,25)36(30,31)32)18(34-17)19(16)35-21(28)13-9-7-5-4-6-8-10-13/h11-19H,4-10H2,1-3H3,(H,30,31,32). The van der Waals surface area contributed by atoms with Crippen molar-refractivity contribution in [1.29, 1.82) is 0 Å². The lowest BCUT2D eigenvalue weighted by atomic mass is 9.78. The van der Waals surface area contributed by atoms with Crippen LogP contribution < -0.4 is 0 Å². The fourth-order valence-corrected chi connectivity index (χ4v) is 6.58. The number of fused-ring (bicyclic) bond motifs is 1. The minimum atomic E-state index is -5.85. The molecule has 7 atom stereocenters. The Morgan fingerprint density at radius 2 is 1.64 bits per heavy atom. The molecule has 4 rings (SSSR count). The van der Waals surface area contributed by atoms with Crippen LogP contribution in [0.25, 0.3) is 0 Å². The van der Waals surface area contributed by atoms with Gasteiger partial charge in [-0.3, -0.25) is 18.9 Å². The van der Waals surface area contributed by atoms with Gasteiger partial charge in [-0.1, -0.05) is 32.1 Å². The molecule has 2 bridgehead atoms. The highest BCUT2D eigenvalue weighted by Gasteiger charge is 2.73. The Labute approximate surface area is 208 Å². The number of esters is 2. The molecule has 0 radical (unpaired) electrons. The third kappa shape index (κ3) is 4.51. The summed E-state index contributed by atoms with van der Waals surface area (Å²) in [5.41, 5.74) is 0. The molecule has 0 spiro atoms. The van der Waals surface area contributed by atoms with E-state index >= 15 is 0 Å². The van der Waals surface area contributed by atoms with Crippen LogP contribution in [0.15, 0.2) is 0 Å². The van der Waals surface area contributed by atoms with Gasteiger partial charge in [0.25, 0.3) is 0 Å². The highest BCUT2D eigenvalue weighted by atomic mass is 32.2. The van der Waals surface area contributed by atoms with Crippen molar-refractivity contribution in [2.45, 2.75) is 107 Å². The van der Waals surface area contributed by atoms with E-state index in [1.54, 1.807) is 13.8 Å². The van der Waals surface area contributed by atoms with E-state index in [1.165, 1.54) is 4.90 Å². The lowest BCUT2D eigenvalue weighted by molar-refractivity contribution is -0.173. The second-order valence-electron chi connectivity index (χ2n) is 10.5. The van der Waals surface area contributed by atoms with Crippen LogP contribution in [-0.2, 0) is 38.7 Å². The van der Waals surface area contributed by atoms with Crippen LogP contribution >= 0.6 is 0 Å². The number of amides is 1. The van der Waals surface area contributed by atoms with E-state index in [1.807, 2.05) is 0 Å². The van der Waals surface area contributed by atoms with Crippen LogP contribution in [0.2, 0.25) is 0 Å². The number of likely N-dealkylation sites (tertiary alicyclic amines) is 1. The SMILES string of the molecule is CC(C)N1C(=O)C2C3OC(C(OC(=O)C4CCCCCCC4)C31)C2C(=O)OC(C)C(F)(F)S(=O)(=O)O. The molecule has 3 saturated heterocycles. The van der Waals surface area contributed by atoms with E-state index in [0.29, 0.717) is 19.8 Å². The first-order valence-electron chi connectivity index (χ1n) is 12.5. The maximum absolute atomic E-state index is 14.0. The highest BCUT2D eigenvalue weighted by molar-refractivity contribution is 7.86. The third-order valence-electron chi connectivity index (χ3n) is 7.90. The Balaban J connectivity index is 1.57. The molecule has 13 heteroatoms. The number of hydrogen-bond acceptors (Lipinski definition) is 8. The molecule has 3 heterocycles. The zero-order valence-corrected chi connectivity index (χ0v) is 21.3. The molecular weight excluding hydrogens is 504 g/mol. The summed E-state index contributed by atoms with van der Waals surface area (Å²) in [5, 5.41) is -4.75. The lowest BCUT2D eigenvalue weighted by Crippen LogP contribution is -2.52. The summed E-state index contributed by atoms with van der Waals surface area (Å²) in [5.74, 6) is -4.86. The van der Waals surface area contributed by atoms with Crippen LogP contribution in [0.4, 0.5) is 8.78 Å². The van der Waals surface area contributed by atoms with Gasteiger partial charge in [0.15, 0.2) is 12.2 Å². The molecule has 36 heavy (non-hydrogen) atoms. The molecule has 204 valence electrons. The number of rotatable bonds is 7. The van der Waals surface area contributed by atoms with Crippen LogP contribution in [0.5, 0.6) is 0 Å². The number of carbonyl (C=O) groups is 3. The number of ether oxygens (including phenoxy) is 3. The molecule has 1 aliphatic carbocycles. The van der Waals surface area contributed by atoms with Gasteiger partial charge in [0, 0.05) is 6.04 Å². The normalized spacial score (nSPS) is 34.0. The fraction of sp³-hybridized carbons (Fsp3) is 0.870. The van der Waals surface area contributed by atoms with Crippen molar-refractivity contribution in [2.75, 3.05) is 0 Å². The van der Waals surface area contributed by atoms with Crippen molar-refractivity contribution in [3.63, 3.8) is 0 Å². The van der Waals surface area contributed by atoms with Crippen molar-refractivity contribution >= 4 is 28.0 Å². The average Bonchev–Trinajstić information content (AvgIpc) is 3.35. The van der Waals surface area contributed by atoms with E-state index in [2.05, 4.69) is 0 Å². The molecule has 10 nitrogen and oxygen atoms in total. The monoisotopic (exact) mass is 537 g/mol. The second kappa shape index (κ2) is 9.79. The van der Waals surface area contributed by atoms with Crippen molar-refractivity contribution in [3.8, 4) is 0 Å². The van der Waals surface area contributed by atoms with Crippen LogP contribution in [-0.4, -0.2) is 77.5 Å². The lowest BCUT2D eigenvalue weighted by Gasteiger charge is -2.34. The van der Waals surface area contributed by atoms with E-state index in [4.69, 9.17) is 18.8 Å². The van der Waals surface area contributed by atoms with E-state index < -0.39 is 75.5 Å². The molecule has 0 aromatic rings. The molecule has 0 aromatic heterocycles. The molecule has 1 saturated carbocycles. The van der Waals surface area contributed by atoms with Gasteiger partial charge in [-0.05, 0) is 33.6 Å². The topological polar surface area (TPSA) is 137 Å². The smallest absolute Gasteiger partial charge is 0.405 e. The van der Waals surface area contributed by atoms with E-state index in [0.717, 1.165) is 32.1 Å². The molecule has 0 aromatic carbocycles. The first-order valence-corrected chi connectivity index (χ1v) is 13.9. The van der Waals surface area contributed by atoms with Gasteiger partial charge in [0.05, 0.1) is 24.0 Å². The van der Waals surface area contributed by atoms with E-state index in [-0.39, 0.29) is 12.0 Å². The summed E-state index contributed by atoms with van der Waals surface area (Å²) in [7, 11) is -5.85. The first-order chi connectivity index (χ1) is 16.8. The quantitative estimate of drug-likeness (QED) is 0.383. The number of nitrogens with zero attached hydrogens (tertiary/aromatic N) is 1. The summed E-state index contributed by atoms with van der Waals surface area (Å²) in [6.45, 7) is 4.17. The highest BCUT2D eigenvalue weighted by Crippen LogP contribution is 2.53. The van der Waals surface area contributed by atoms with Crippen LogP contribution in [0.3, 0.4) is 0 Å². The van der Waals surface area contributed by atoms with Crippen molar-refractivity contribution in [2.24, 2.45) is 17.8 Å². The number of halogens is 2. The van der Waals surface area contributed by atoms with E-state index in [9.17, 15) is 31.6 Å². The minimum absolute atomic E-state index is 0.308. The van der Waals surface area contributed by atoms with Crippen molar-refractivity contribution < 1.29 is 50.3 Å². The zero-order valence-electron chi connectivity index (χ0n) is 20.5. The molecule has 3 aliphatic heterocycles. The Morgan fingerprint density at radius 3 is 2.19 bits per heavy atom. The van der Waals surface area contributed by atoms with Crippen LogP contribution in [0, 0.1) is 17.8 Å². The Morgan fingerprint density at radius 1 is 1.06 bits per heavy atom. The molecule has 4 fully saturated rings. The molecule has 4 aliphatic rings. The van der Waals surface area contributed by atoms with Gasteiger partial charge in [-0.15, -0.1) is 0 Å². The molecule has 1 amide bonds. The number of alkyl halides is 2. The Kier molecular flexibility index (Phi) is 7.39. The average molecular weight is 538 g/mol. The van der Waals surface area contributed by atoms with Gasteiger partial charge >= 0.3 is 27.3 Å². The maximum Gasteiger partial charge on any atom is 0.405 e. The predicted octanol–water partition coefficient (Wildman–Crippen LogP) is 2.30. The van der Waals surface area contributed by atoms with Gasteiger partial charge in [-0.2, -0.15) is 17.2 Å². The fourth-order valence-electron chi connectivity index (χ4n) is 6.11. The van der Waals surface area contributed by atoms with Gasteiger partial charge < -0.3 is 19.1 Å². The molecular formula is C23H33F2NO9S. The van der Waals surface area contributed by atoms with Gasteiger partial charge in [0.1, 0.15) is 12.0 Å². The Hall–Kier alpha value is -1.86. The summed E-state index contributed by atoms with van der Waals surface area (Å²) in [6, 6.07) is -0.928. The number of carbonyl (C=O) groups excluding carboxylic acids is 3. The molecule has 1 N–H and O–H groups in total. The summed E-state index contributed by atoms with van der Waals surface area (Å²) in [6.07, 6.45) is 0.898. The maximum atomic E-state index is 14.0. The second-order valence-corrected chi connectivity index (χ2v) is 12.0. The zero-order chi connectivity index (χ0) is 26.6. The third-order valence-corrected chi connectivity index (χ3v) is 8.92. The summed E-state index contributed by atoms with van der Waals surface area (Å²) >= 11 is 0. The van der Waals surface area contributed by atoms with Gasteiger partial charge in [0.2, 0.25) is 5.91 Å². The minimum Gasteiger partial charge on any atom is -0.457 e. The largest absolute Gasteiger partial charge is 0.457 e. The van der Waals surface area contributed by atoms with Crippen molar-refractivity contribution in [1.82, 2.24) is 4.90 Å².